The third kappa shape index (κ3) is 3.87. The first-order valence-corrected chi connectivity index (χ1v) is 5.80. The van der Waals surface area contributed by atoms with Crippen LogP contribution in [0.3, 0.4) is 0 Å². The van der Waals surface area contributed by atoms with Crippen LogP contribution < -0.4 is 5.32 Å². The second-order valence-electron chi connectivity index (χ2n) is 4.73. The molecule has 0 radical (unpaired) electrons. The van der Waals surface area contributed by atoms with Crippen LogP contribution in [0.15, 0.2) is 18.2 Å². The largest absolute Gasteiger partial charge is 0.480 e. The molecule has 3 nitrogen and oxygen atoms in total. The molecule has 1 aromatic rings. The number of carboxylic acid groups (broad SMARTS) is 1. The molecule has 0 spiro atoms. The number of carbonyl (C=O) groups is 1. The number of aliphatic carboxylic acids is 1. The highest BCUT2D eigenvalue weighted by Crippen LogP contribution is 2.31. The van der Waals surface area contributed by atoms with Gasteiger partial charge in [-0.15, -0.1) is 0 Å². The van der Waals surface area contributed by atoms with E-state index in [-0.39, 0.29) is 5.92 Å². The van der Waals surface area contributed by atoms with Gasteiger partial charge in [0, 0.05) is 5.69 Å². The maximum Gasteiger partial charge on any atom is 0.416 e. The van der Waals surface area contributed by atoms with Crippen LogP contribution in [-0.4, -0.2) is 17.1 Å². The van der Waals surface area contributed by atoms with Crippen LogP contribution >= 0.6 is 0 Å². The monoisotopic (exact) mass is 275 g/mol. The number of hydrogen-bond acceptors (Lipinski definition) is 2. The van der Waals surface area contributed by atoms with Gasteiger partial charge >= 0.3 is 12.1 Å². The van der Waals surface area contributed by atoms with Crippen LogP contribution in [0.4, 0.5) is 18.9 Å². The van der Waals surface area contributed by atoms with Gasteiger partial charge in [0.25, 0.3) is 0 Å². The standard InChI is InChI=1S/C13H16F3NO2/c1-7(2)11(12(18)19)17-10-5-4-9(6-8(10)3)13(14,15)16/h4-7,11,17H,1-3H3,(H,18,19)/t11-/m0/s1. The highest BCUT2D eigenvalue weighted by Gasteiger charge is 2.31. The fourth-order valence-corrected chi connectivity index (χ4v) is 1.68. The lowest BCUT2D eigenvalue weighted by atomic mass is 10.0. The molecule has 0 saturated carbocycles. The number of anilines is 1. The summed E-state index contributed by atoms with van der Waals surface area (Å²) in [5.74, 6) is -1.21. The van der Waals surface area contributed by atoms with Crippen molar-refractivity contribution in [2.24, 2.45) is 5.92 Å². The molecular weight excluding hydrogens is 259 g/mol. The minimum Gasteiger partial charge on any atom is -0.480 e. The van der Waals surface area contributed by atoms with Gasteiger partial charge in [-0.2, -0.15) is 13.2 Å². The lowest BCUT2D eigenvalue weighted by Gasteiger charge is -2.21. The summed E-state index contributed by atoms with van der Waals surface area (Å²) in [4.78, 5) is 11.0. The summed E-state index contributed by atoms with van der Waals surface area (Å²) >= 11 is 0. The zero-order valence-corrected chi connectivity index (χ0v) is 10.9. The molecule has 19 heavy (non-hydrogen) atoms. The predicted molar refractivity (Wildman–Crippen MR) is 66.1 cm³/mol. The first-order chi connectivity index (χ1) is 8.62. The van der Waals surface area contributed by atoms with E-state index in [0.29, 0.717) is 11.3 Å². The van der Waals surface area contributed by atoms with Crippen LogP contribution in [0, 0.1) is 12.8 Å². The zero-order chi connectivity index (χ0) is 14.8. The first kappa shape index (κ1) is 15.3. The molecular formula is C13H16F3NO2. The molecule has 0 aliphatic heterocycles. The molecule has 0 saturated heterocycles. The number of rotatable bonds is 4. The van der Waals surface area contributed by atoms with Gasteiger partial charge in [0.1, 0.15) is 6.04 Å². The molecule has 0 bridgehead atoms. The van der Waals surface area contributed by atoms with Crippen LogP contribution in [-0.2, 0) is 11.0 Å². The normalized spacial score (nSPS) is 13.4. The number of carboxylic acids is 1. The minimum atomic E-state index is -4.40. The lowest BCUT2D eigenvalue weighted by Crippen LogP contribution is -2.34. The van der Waals surface area contributed by atoms with E-state index in [4.69, 9.17) is 5.11 Å². The van der Waals surface area contributed by atoms with Gasteiger partial charge in [0.05, 0.1) is 5.56 Å². The number of alkyl halides is 3. The van der Waals surface area contributed by atoms with Gasteiger partial charge in [-0.25, -0.2) is 4.79 Å². The quantitative estimate of drug-likeness (QED) is 0.883. The van der Waals surface area contributed by atoms with Crippen molar-refractivity contribution in [2.45, 2.75) is 33.0 Å². The molecule has 1 rings (SSSR count). The van der Waals surface area contributed by atoms with Crippen molar-refractivity contribution < 1.29 is 23.1 Å². The Kier molecular flexibility index (Phi) is 4.44. The average Bonchev–Trinajstić information content (AvgIpc) is 2.24. The number of halogens is 3. The Labute approximate surface area is 109 Å². The summed E-state index contributed by atoms with van der Waals surface area (Å²) in [6.45, 7) is 4.97. The third-order valence-electron chi connectivity index (χ3n) is 2.80. The van der Waals surface area contributed by atoms with E-state index in [2.05, 4.69) is 5.32 Å². The molecule has 2 N–H and O–H groups in total. The van der Waals surface area contributed by atoms with Gasteiger partial charge in [0.2, 0.25) is 0 Å². The number of nitrogens with one attached hydrogen (secondary N) is 1. The van der Waals surface area contributed by atoms with Crippen LogP contribution in [0.25, 0.3) is 0 Å². The Bertz CT molecular complexity index is 469. The summed E-state index contributed by atoms with van der Waals surface area (Å²) in [7, 11) is 0. The van der Waals surface area contributed by atoms with E-state index in [0.717, 1.165) is 12.1 Å². The lowest BCUT2D eigenvalue weighted by molar-refractivity contribution is -0.139. The second kappa shape index (κ2) is 5.50. The van der Waals surface area contributed by atoms with Crippen LogP contribution in [0.5, 0.6) is 0 Å². The van der Waals surface area contributed by atoms with Crippen LogP contribution in [0.1, 0.15) is 25.0 Å². The molecule has 0 heterocycles. The van der Waals surface area contributed by atoms with Gasteiger partial charge in [-0.05, 0) is 36.6 Å². The molecule has 1 aromatic carbocycles. The summed E-state index contributed by atoms with van der Waals surface area (Å²) in [6, 6.07) is 2.36. The Morgan fingerprint density at radius 2 is 1.89 bits per heavy atom. The van der Waals surface area contributed by atoms with Gasteiger partial charge < -0.3 is 10.4 Å². The van der Waals surface area contributed by atoms with E-state index in [1.807, 2.05) is 0 Å². The number of benzene rings is 1. The highest BCUT2D eigenvalue weighted by molar-refractivity contribution is 5.78. The molecule has 0 amide bonds. The Balaban J connectivity index is 3.00. The molecule has 0 aliphatic carbocycles. The van der Waals surface area contributed by atoms with Crippen molar-refractivity contribution in [3.63, 3.8) is 0 Å². The van der Waals surface area contributed by atoms with Crippen molar-refractivity contribution >= 4 is 11.7 Å². The van der Waals surface area contributed by atoms with Crippen molar-refractivity contribution in [3.8, 4) is 0 Å². The van der Waals surface area contributed by atoms with Crippen molar-refractivity contribution in [1.82, 2.24) is 0 Å². The molecule has 0 aliphatic rings. The fourth-order valence-electron chi connectivity index (χ4n) is 1.68. The van der Waals surface area contributed by atoms with Gasteiger partial charge in [-0.3, -0.25) is 0 Å². The Morgan fingerprint density at radius 3 is 2.26 bits per heavy atom. The SMILES string of the molecule is Cc1cc(C(F)(F)F)ccc1N[C@H](C(=O)O)C(C)C. The smallest absolute Gasteiger partial charge is 0.416 e. The second-order valence-corrected chi connectivity index (χ2v) is 4.73. The van der Waals surface area contributed by atoms with Crippen molar-refractivity contribution in [2.75, 3.05) is 5.32 Å². The maximum absolute atomic E-state index is 12.5. The molecule has 1 atom stereocenters. The van der Waals surface area contributed by atoms with E-state index in [1.54, 1.807) is 13.8 Å². The summed E-state index contributed by atoms with van der Waals surface area (Å²) in [5, 5.41) is 11.8. The number of hydrogen-bond donors (Lipinski definition) is 2. The third-order valence-corrected chi connectivity index (χ3v) is 2.80. The number of aryl methyl sites for hydroxylation is 1. The highest BCUT2D eigenvalue weighted by atomic mass is 19.4. The van der Waals surface area contributed by atoms with Crippen molar-refractivity contribution in [1.29, 1.82) is 0 Å². The zero-order valence-electron chi connectivity index (χ0n) is 10.9. The summed E-state index contributed by atoms with van der Waals surface area (Å²) in [5.41, 5.74) is 0.0165. The Hall–Kier alpha value is -1.72. The summed E-state index contributed by atoms with van der Waals surface area (Å²) < 4.78 is 37.5. The van der Waals surface area contributed by atoms with E-state index >= 15 is 0 Å². The fraction of sp³-hybridized carbons (Fsp3) is 0.462. The van der Waals surface area contributed by atoms with Crippen molar-refractivity contribution in [3.05, 3.63) is 29.3 Å². The molecule has 6 heteroatoms. The maximum atomic E-state index is 12.5. The topological polar surface area (TPSA) is 49.3 Å². The van der Waals surface area contributed by atoms with E-state index in [9.17, 15) is 18.0 Å². The van der Waals surface area contributed by atoms with Crippen LogP contribution in [0.2, 0.25) is 0 Å². The summed E-state index contributed by atoms with van der Waals surface area (Å²) in [6.07, 6.45) is -4.40. The Morgan fingerprint density at radius 1 is 1.32 bits per heavy atom. The molecule has 0 unspecified atom stereocenters. The molecule has 106 valence electrons. The molecule has 0 aromatic heterocycles. The van der Waals surface area contributed by atoms with Gasteiger partial charge in [-0.1, -0.05) is 13.8 Å². The predicted octanol–water partition coefficient (Wildman–Crippen LogP) is 3.53. The minimum absolute atomic E-state index is 0.181. The molecule has 0 fully saturated rings. The van der Waals surface area contributed by atoms with E-state index < -0.39 is 23.8 Å². The van der Waals surface area contributed by atoms with E-state index in [1.165, 1.54) is 13.0 Å². The first-order valence-electron chi connectivity index (χ1n) is 5.80. The average molecular weight is 275 g/mol. The van der Waals surface area contributed by atoms with Gasteiger partial charge in [0.15, 0.2) is 0 Å².